The summed E-state index contributed by atoms with van der Waals surface area (Å²) in [6.45, 7) is 0. The lowest BCUT2D eigenvalue weighted by atomic mass is 10.0. The lowest BCUT2D eigenvalue weighted by Crippen LogP contribution is -2.39. The Hall–Kier alpha value is -3.46. The van der Waals surface area contributed by atoms with Crippen LogP contribution in [0.5, 0.6) is 0 Å². The largest absolute Gasteiger partial charge is 0.346 e. The summed E-state index contributed by atoms with van der Waals surface area (Å²) in [5.41, 5.74) is 4.41. The molecule has 2 aromatic carbocycles. The molecule has 1 aromatic heterocycles. The molecule has 0 bridgehead atoms. The fourth-order valence-corrected chi connectivity index (χ4v) is 3.27. The number of thioether (sulfide) groups is 1. The number of hydrogen-bond acceptors (Lipinski definition) is 6. The Labute approximate surface area is 170 Å². The van der Waals surface area contributed by atoms with E-state index in [1.54, 1.807) is 6.21 Å². The quantitative estimate of drug-likeness (QED) is 0.377. The van der Waals surface area contributed by atoms with Crippen LogP contribution in [-0.4, -0.2) is 32.2 Å². The number of carbonyl (C=O) groups excluding carboxylic acids is 1. The lowest BCUT2D eigenvalue weighted by molar-refractivity contribution is -0.118. The Bertz CT molecular complexity index is 1150. The first kappa shape index (κ1) is 20.3. The van der Waals surface area contributed by atoms with Gasteiger partial charge in [0.25, 0.3) is 5.56 Å². The number of nitrogens with zero attached hydrogens (tertiary/aromatic N) is 4. The van der Waals surface area contributed by atoms with E-state index in [1.807, 2.05) is 54.6 Å². The molecule has 0 saturated heterocycles. The summed E-state index contributed by atoms with van der Waals surface area (Å²) >= 11 is 0.948. The summed E-state index contributed by atoms with van der Waals surface area (Å²) < 4.78 is 2.00. The van der Waals surface area contributed by atoms with Gasteiger partial charge in [0, 0.05) is 14.1 Å². The van der Waals surface area contributed by atoms with E-state index in [-0.39, 0.29) is 16.7 Å². The van der Waals surface area contributed by atoms with Gasteiger partial charge < -0.3 is 0 Å². The predicted molar refractivity (Wildman–Crippen MR) is 113 cm³/mol. The Morgan fingerprint density at radius 2 is 1.72 bits per heavy atom. The maximum atomic E-state index is 12.0. The predicted octanol–water partition coefficient (Wildman–Crippen LogP) is 1.39. The minimum Gasteiger partial charge on any atom is -0.272 e. The van der Waals surface area contributed by atoms with E-state index in [2.05, 4.69) is 15.6 Å². The van der Waals surface area contributed by atoms with E-state index in [1.165, 1.54) is 14.1 Å². The summed E-state index contributed by atoms with van der Waals surface area (Å²) in [5, 5.41) is 7.89. The van der Waals surface area contributed by atoms with Gasteiger partial charge in [-0.15, -0.1) is 0 Å². The van der Waals surface area contributed by atoms with E-state index in [4.69, 9.17) is 0 Å². The van der Waals surface area contributed by atoms with Crippen molar-refractivity contribution < 1.29 is 4.79 Å². The Balaban J connectivity index is 1.55. The number of hydrazone groups is 1. The van der Waals surface area contributed by atoms with Crippen LogP contribution >= 0.6 is 11.8 Å². The van der Waals surface area contributed by atoms with Gasteiger partial charge in [-0.2, -0.15) is 10.2 Å². The van der Waals surface area contributed by atoms with E-state index >= 15 is 0 Å². The van der Waals surface area contributed by atoms with E-state index in [9.17, 15) is 14.4 Å². The zero-order valence-electron chi connectivity index (χ0n) is 15.9. The molecule has 0 radical (unpaired) electrons. The smallest absolute Gasteiger partial charge is 0.272 e. The second kappa shape index (κ2) is 9.16. The number of aryl methyl sites for hydroxylation is 1. The third-order valence-corrected chi connectivity index (χ3v) is 4.99. The molecule has 1 heterocycles. The highest BCUT2D eigenvalue weighted by molar-refractivity contribution is 7.99. The first-order chi connectivity index (χ1) is 14.0. The molecule has 0 aliphatic rings. The van der Waals surface area contributed by atoms with Gasteiger partial charge in [-0.1, -0.05) is 66.4 Å². The maximum absolute atomic E-state index is 12.0. The van der Waals surface area contributed by atoms with Crippen molar-refractivity contribution in [2.24, 2.45) is 19.2 Å². The van der Waals surface area contributed by atoms with Crippen molar-refractivity contribution in [3.63, 3.8) is 0 Å². The average molecular weight is 409 g/mol. The molecule has 3 aromatic rings. The number of aromatic nitrogens is 3. The molecule has 148 valence electrons. The Morgan fingerprint density at radius 3 is 2.41 bits per heavy atom. The molecule has 8 nitrogen and oxygen atoms in total. The van der Waals surface area contributed by atoms with Crippen molar-refractivity contribution in [3.8, 4) is 11.1 Å². The van der Waals surface area contributed by atoms with E-state index in [0.717, 1.165) is 37.7 Å². The molecule has 0 fully saturated rings. The third-order valence-electron chi connectivity index (χ3n) is 4.05. The van der Waals surface area contributed by atoms with Crippen LogP contribution < -0.4 is 16.7 Å². The van der Waals surface area contributed by atoms with Crippen LogP contribution in [0.2, 0.25) is 0 Å². The van der Waals surface area contributed by atoms with Crippen molar-refractivity contribution >= 4 is 23.9 Å². The van der Waals surface area contributed by atoms with Crippen LogP contribution in [0.3, 0.4) is 0 Å². The molecular weight excluding hydrogens is 390 g/mol. The van der Waals surface area contributed by atoms with Crippen molar-refractivity contribution in [2.45, 2.75) is 5.03 Å². The van der Waals surface area contributed by atoms with Crippen LogP contribution in [0.25, 0.3) is 11.1 Å². The molecule has 0 aliphatic carbocycles. The summed E-state index contributed by atoms with van der Waals surface area (Å²) in [7, 11) is 2.81. The first-order valence-electron chi connectivity index (χ1n) is 8.70. The van der Waals surface area contributed by atoms with Crippen LogP contribution in [0, 0.1) is 0 Å². The number of rotatable bonds is 6. The SMILES string of the molecule is Cn1nc(SCC(=O)N/N=C\c2ccc(-c3ccccc3)cc2)c(=O)n(C)c1=O. The van der Waals surface area contributed by atoms with Gasteiger partial charge in [-0.3, -0.25) is 14.2 Å². The second-order valence-electron chi connectivity index (χ2n) is 6.15. The normalized spacial score (nSPS) is 11.0. The molecule has 1 amide bonds. The Kier molecular flexibility index (Phi) is 6.40. The van der Waals surface area contributed by atoms with Gasteiger partial charge in [0.05, 0.1) is 12.0 Å². The lowest BCUT2D eigenvalue weighted by Gasteiger charge is -2.04. The zero-order chi connectivity index (χ0) is 20.8. The van der Waals surface area contributed by atoms with Gasteiger partial charge >= 0.3 is 5.69 Å². The molecule has 0 spiro atoms. The number of hydrogen-bond donors (Lipinski definition) is 1. The molecule has 0 aliphatic heterocycles. The number of benzene rings is 2. The van der Waals surface area contributed by atoms with Crippen LogP contribution in [0.15, 0.2) is 74.3 Å². The fraction of sp³-hybridized carbons (Fsp3) is 0.150. The van der Waals surface area contributed by atoms with Gasteiger partial charge in [0.1, 0.15) is 0 Å². The van der Waals surface area contributed by atoms with Gasteiger partial charge in [-0.05, 0) is 16.7 Å². The standard InChI is InChI=1S/C20H19N5O3S/c1-24-19(27)18(23-25(2)20(24)28)29-13-17(26)22-21-12-14-8-10-16(11-9-14)15-6-4-3-5-7-15/h3-12H,13H2,1-2H3,(H,22,26)/b21-12-. The number of carbonyl (C=O) groups is 1. The molecular formula is C20H19N5O3S. The molecule has 9 heteroatoms. The zero-order valence-corrected chi connectivity index (χ0v) is 16.7. The number of amides is 1. The first-order valence-corrected chi connectivity index (χ1v) is 9.69. The summed E-state index contributed by atoms with van der Waals surface area (Å²) in [4.78, 5) is 35.5. The van der Waals surface area contributed by atoms with Crippen LogP contribution in [0.4, 0.5) is 0 Å². The second-order valence-corrected chi connectivity index (χ2v) is 7.11. The summed E-state index contributed by atoms with van der Waals surface area (Å²) in [6.07, 6.45) is 1.54. The van der Waals surface area contributed by atoms with Crippen LogP contribution in [-0.2, 0) is 18.9 Å². The molecule has 29 heavy (non-hydrogen) atoms. The number of nitrogens with one attached hydrogen (secondary N) is 1. The van der Waals surface area contributed by atoms with Crippen molar-refractivity contribution in [1.29, 1.82) is 0 Å². The molecule has 0 atom stereocenters. The van der Waals surface area contributed by atoms with Crippen molar-refractivity contribution in [3.05, 3.63) is 81.0 Å². The van der Waals surface area contributed by atoms with Gasteiger partial charge in [0.2, 0.25) is 5.91 Å². The highest BCUT2D eigenvalue weighted by Crippen LogP contribution is 2.18. The summed E-state index contributed by atoms with van der Waals surface area (Å²) in [6, 6.07) is 17.8. The van der Waals surface area contributed by atoms with Crippen LogP contribution in [0.1, 0.15) is 5.56 Å². The third kappa shape index (κ3) is 5.08. The highest BCUT2D eigenvalue weighted by Gasteiger charge is 2.11. The summed E-state index contributed by atoms with van der Waals surface area (Å²) in [5.74, 6) is -0.435. The maximum Gasteiger partial charge on any atom is 0.346 e. The highest BCUT2D eigenvalue weighted by atomic mass is 32.2. The molecule has 1 N–H and O–H groups in total. The van der Waals surface area contributed by atoms with Gasteiger partial charge in [-0.25, -0.2) is 14.9 Å². The average Bonchev–Trinajstić information content (AvgIpc) is 2.75. The minimum atomic E-state index is -0.534. The monoisotopic (exact) mass is 409 g/mol. The Morgan fingerprint density at radius 1 is 1.07 bits per heavy atom. The molecule has 0 saturated carbocycles. The fourth-order valence-electron chi connectivity index (χ4n) is 2.50. The topological polar surface area (TPSA) is 98.3 Å². The molecule has 3 rings (SSSR count). The van der Waals surface area contributed by atoms with E-state index in [0.29, 0.717) is 0 Å². The van der Waals surface area contributed by atoms with Crippen molar-refractivity contribution in [1.82, 2.24) is 19.8 Å². The van der Waals surface area contributed by atoms with Crippen molar-refractivity contribution in [2.75, 3.05) is 5.75 Å². The minimum absolute atomic E-state index is 0.0509. The molecule has 0 unspecified atom stereocenters. The van der Waals surface area contributed by atoms with E-state index < -0.39 is 11.2 Å². The van der Waals surface area contributed by atoms with Gasteiger partial charge in [0.15, 0.2) is 5.03 Å².